The zero-order valence-corrected chi connectivity index (χ0v) is 5.42. The number of hydrogen-bond donors (Lipinski definition) is 1. The summed E-state index contributed by atoms with van der Waals surface area (Å²) < 4.78 is 4.88. The molecule has 1 aliphatic rings. The van der Waals surface area contributed by atoms with Crippen LogP contribution in [0.2, 0.25) is 0 Å². The van der Waals surface area contributed by atoms with E-state index in [-0.39, 0.29) is 12.2 Å². The van der Waals surface area contributed by atoms with Gasteiger partial charge in [-0.1, -0.05) is 6.08 Å². The molecule has 1 saturated heterocycles. The first-order valence-corrected chi connectivity index (χ1v) is 3.25. The van der Waals surface area contributed by atoms with Gasteiger partial charge in [0.15, 0.2) is 0 Å². The standard InChI is InChI=1S/C7H12O2/c1-2-3-4-6(8)7-5-9-7/h2,6-8H,1,3-5H2/t6-,7+/m0/s1. The lowest BCUT2D eigenvalue weighted by atomic mass is 10.1. The Kier molecular flexibility index (Phi) is 2.25. The summed E-state index contributed by atoms with van der Waals surface area (Å²) in [6.07, 6.45) is 3.34. The molecule has 0 radical (unpaired) electrons. The first kappa shape index (κ1) is 6.78. The maximum Gasteiger partial charge on any atom is 0.107 e. The van der Waals surface area contributed by atoms with Crippen LogP contribution in [0.25, 0.3) is 0 Å². The number of allylic oxidation sites excluding steroid dienone is 1. The minimum absolute atomic E-state index is 0.130. The topological polar surface area (TPSA) is 32.8 Å². The van der Waals surface area contributed by atoms with Crippen LogP contribution in [0, 0.1) is 0 Å². The van der Waals surface area contributed by atoms with Crippen molar-refractivity contribution in [1.29, 1.82) is 0 Å². The lowest BCUT2D eigenvalue weighted by molar-refractivity contribution is 0.127. The van der Waals surface area contributed by atoms with Gasteiger partial charge in [0.2, 0.25) is 0 Å². The summed E-state index contributed by atoms with van der Waals surface area (Å²) >= 11 is 0. The number of aliphatic hydroxyl groups is 1. The summed E-state index contributed by atoms with van der Waals surface area (Å²) in [6.45, 7) is 4.29. The molecule has 0 bridgehead atoms. The van der Waals surface area contributed by atoms with Crippen molar-refractivity contribution in [1.82, 2.24) is 0 Å². The normalized spacial score (nSPS) is 27.4. The molecule has 1 fully saturated rings. The van der Waals surface area contributed by atoms with E-state index in [1.807, 2.05) is 6.08 Å². The maximum atomic E-state index is 9.15. The molecule has 52 valence electrons. The van der Waals surface area contributed by atoms with E-state index in [1.165, 1.54) is 0 Å². The number of hydrogen-bond acceptors (Lipinski definition) is 2. The van der Waals surface area contributed by atoms with E-state index in [9.17, 15) is 0 Å². The minimum atomic E-state index is -0.261. The largest absolute Gasteiger partial charge is 0.390 e. The van der Waals surface area contributed by atoms with E-state index in [0.29, 0.717) is 0 Å². The van der Waals surface area contributed by atoms with Crippen LogP contribution in [0.5, 0.6) is 0 Å². The van der Waals surface area contributed by atoms with Crippen LogP contribution in [0.1, 0.15) is 12.8 Å². The molecule has 0 amide bonds. The van der Waals surface area contributed by atoms with Crippen molar-refractivity contribution in [2.45, 2.75) is 25.0 Å². The van der Waals surface area contributed by atoms with E-state index in [1.54, 1.807) is 0 Å². The van der Waals surface area contributed by atoms with Crippen LogP contribution in [-0.4, -0.2) is 23.9 Å². The van der Waals surface area contributed by atoms with Crippen molar-refractivity contribution < 1.29 is 9.84 Å². The van der Waals surface area contributed by atoms with Crippen molar-refractivity contribution >= 4 is 0 Å². The molecule has 1 N–H and O–H groups in total. The Morgan fingerprint density at radius 2 is 2.56 bits per heavy atom. The van der Waals surface area contributed by atoms with Crippen molar-refractivity contribution in [2.75, 3.05) is 6.61 Å². The second-order valence-corrected chi connectivity index (χ2v) is 2.31. The molecule has 0 aliphatic carbocycles. The van der Waals surface area contributed by atoms with Gasteiger partial charge in [0, 0.05) is 0 Å². The second-order valence-electron chi connectivity index (χ2n) is 2.31. The first-order valence-electron chi connectivity index (χ1n) is 3.25. The fourth-order valence-electron chi connectivity index (χ4n) is 0.752. The van der Waals surface area contributed by atoms with E-state index >= 15 is 0 Å². The zero-order chi connectivity index (χ0) is 6.69. The molecule has 0 aromatic rings. The van der Waals surface area contributed by atoms with Crippen molar-refractivity contribution in [2.24, 2.45) is 0 Å². The van der Waals surface area contributed by atoms with Gasteiger partial charge < -0.3 is 9.84 Å². The number of aliphatic hydroxyl groups excluding tert-OH is 1. The van der Waals surface area contributed by atoms with Crippen LogP contribution in [0.3, 0.4) is 0 Å². The molecule has 9 heavy (non-hydrogen) atoms. The summed E-state index contributed by atoms with van der Waals surface area (Å²) in [7, 11) is 0. The molecule has 1 rings (SSSR count). The average Bonchev–Trinajstić information content (AvgIpc) is 2.63. The van der Waals surface area contributed by atoms with Crippen LogP contribution >= 0.6 is 0 Å². The molecule has 2 heteroatoms. The molecule has 2 nitrogen and oxygen atoms in total. The number of rotatable bonds is 4. The van der Waals surface area contributed by atoms with E-state index < -0.39 is 0 Å². The van der Waals surface area contributed by atoms with E-state index in [4.69, 9.17) is 9.84 Å². The van der Waals surface area contributed by atoms with Crippen LogP contribution in [0.4, 0.5) is 0 Å². The third-order valence-electron chi connectivity index (χ3n) is 1.45. The Morgan fingerprint density at radius 1 is 1.89 bits per heavy atom. The van der Waals surface area contributed by atoms with Crippen LogP contribution in [-0.2, 0) is 4.74 Å². The van der Waals surface area contributed by atoms with Gasteiger partial charge >= 0.3 is 0 Å². The summed E-state index contributed by atoms with van der Waals surface area (Å²) in [6, 6.07) is 0. The minimum Gasteiger partial charge on any atom is -0.390 e. The smallest absolute Gasteiger partial charge is 0.107 e. The highest BCUT2D eigenvalue weighted by atomic mass is 16.6. The lowest BCUT2D eigenvalue weighted by Gasteiger charge is -2.02. The molecule has 1 aliphatic heterocycles. The molecule has 0 aromatic carbocycles. The molecule has 0 unspecified atom stereocenters. The third kappa shape index (κ3) is 2.16. The quantitative estimate of drug-likeness (QED) is 0.447. The molecular formula is C7H12O2. The van der Waals surface area contributed by atoms with Gasteiger partial charge in [-0.25, -0.2) is 0 Å². The van der Waals surface area contributed by atoms with Gasteiger partial charge in [-0.05, 0) is 12.8 Å². The Morgan fingerprint density at radius 3 is 3.00 bits per heavy atom. The highest BCUT2D eigenvalue weighted by Crippen LogP contribution is 2.17. The van der Waals surface area contributed by atoms with Gasteiger partial charge in [-0.15, -0.1) is 6.58 Å². The third-order valence-corrected chi connectivity index (χ3v) is 1.45. The summed E-state index contributed by atoms with van der Waals surface area (Å²) in [5.74, 6) is 0. The van der Waals surface area contributed by atoms with Crippen LogP contribution in [0.15, 0.2) is 12.7 Å². The second kappa shape index (κ2) is 2.99. The Bertz CT molecular complexity index is 97.1. The van der Waals surface area contributed by atoms with Gasteiger partial charge in [0.05, 0.1) is 12.7 Å². The summed E-state index contributed by atoms with van der Waals surface area (Å²) in [5, 5.41) is 9.15. The average molecular weight is 128 g/mol. The van der Waals surface area contributed by atoms with Crippen molar-refractivity contribution in [3.05, 3.63) is 12.7 Å². The van der Waals surface area contributed by atoms with E-state index in [2.05, 4.69) is 6.58 Å². The number of epoxide rings is 1. The zero-order valence-electron chi connectivity index (χ0n) is 5.42. The maximum absolute atomic E-state index is 9.15. The first-order chi connectivity index (χ1) is 4.34. The van der Waals surface area contributed by atoms with Crippen molar-refractivity contribution in [3.8, 4) is 0 Å². The lowest BCUT2D eigenvalue weighted by Crippen LogP contribution is -2.13. The Hall–Kier alpha value is -0.340. The van der Waals surface area contributed by atoms with Crippen molar-refractivity contribution in [3.63, 3.8) is 0 Å². The Labute approximate surface area is 55.1 Å². The predicted molar refractivity (Wildman–Crippen MR) is 35.2 cm³/mol. The van der Waals surface area contributed by atoms with E-state index in [0.717, 1.165) is 19.4 Å². The van der Waals surface area contributed by atoms with Gasteiger partial charge in [-0.3, -0.25) is 0 Å². The molecule has 0 saturated carbocycles. The highest BCUT2D eigenvalue weighted by Gasteiger charge is 2.30. The van der Waals surface area contributed by atoms with Gasteiger partial charge in [-0.2, -0.15) is 0 Å². The molecule has 2 atom stereocenters. The molecule has 0 spiro atoms. The Balaban J connectivity index is 2.02. The summed E-state index contributed by atoms with van der Waals surface area (Å²) in [5.41, 5.74) is 0. The SMILES string of the molecule is C=CCC[C@H](O)[C@H]1CO1. The van der Waals surface area contributed by atoms with Gasteiger partial charge in [0.1, 0.15) is 6.10 Å². The molecule has 0 aromatic heterocycles. The highest BCUT2D eigenvalue weighted by molar-refractivity contribution is 4.80. The van der Waals surface area contributed by atoms with Crippen LogP contribution < -0.4 is 0 Å². The summed E-state index contributed by atoms with van der Waals surface area (Å²) in [4.78, 5) is 0. The monoisotopic (exact) mass is 128 g/mol. The fraction of sp³-hybridized carbons (Fsp3) is 0.714. The number of ether oxygens (including phenoxy) is 1. The molecule has 1 heterocycles. The molecular weight excluding hydrogens is 116 g/mol. The predicted octanol–water partition coefficient (Wildman–Crippen LogP) is 0.712. The fourth-order valence-corrected chi connectivity index (χ4v) is 0.752. The van der Waals surface area contributed by atoms with Gasteiger partial charge in [0.25, 0.3) is 0 Å².